The van der Waals surface area contributed by atoms with Gasteiger partial charge in [0.15, 0.2) is 0 Å². The van der Waals surface area contributed by atoms with Crippen molar-refractivity contribution in [2.24, 2.45) is 9.98 Å². The van der Waals surface area contributed by atoms with Crippen LogP contribution in [0.3, 0.4) is 0 Å². The predicted molar refractivity (Wildman–Crippen MR) is 119 cm³/mol. The molecule has 0 atom stereocenters. The van der Waals surface area contributed by atoms with Crippen molar-refractivity contribution < 1.29 is 10.2 Å². The highest BCUT2D eigenvalue weighted by molar-refractivity contribution is 7.18. The largest absolute Gasteiger partial charge is 0.507 e. The molecule has 2 aromatic heterocycles. The smallest absolute Gasteiger partial charge is 0.233 e. The van der Waals surface area contributed by atoms with Gasteiger partial charge in [0.1, 0.15) is 11.5 Å². The number of nitrogens with zero attached hydrogens (tertiary/aromatic N) is 6. The van der Waals surface area contributed by atoms with Crippen LogP contribution >= 0.6 is 22.7 Å². The van der Waals surface area contributed by atoms with E-state index in [2.05, 4.69) is 30.4 Å². The highest BCUT2D eigenvalue weighted by atomic mass is 32.1. The average molecular weight is 441 g/mol. The molecule has 10 nitrogen and oxygen atoms in total. The van der Waals surface area contributed by atoms with Crippen molar-refractivity contribution in [1.29, 1.82) is 0 Å². The van der Waals surface area contributed by atoms with Gasteiger partial charge in [0.25, 0.3) is 0 Å². The third-order valence-corrected chi connectivity index (χ3v) is 4.68. The fourth-order valence-corrected chi connectivity index (χ4v) is 2.91. The summed E-state index contributed by atoms with van der Waals surface area (Å²) in [6.07, 6.45) is 3.05. The highest BCUT2D eigenvalue weighted by Gasteiger charge is 2.00. The van der Waals surface area contributed by atoms with E-state index in [4.69, 9.17) is 11.5 Å². The number of rotatable bonds is 4. The van der Waals surface area contributed by atoms with Crippen molar-refractivity contribution in [1.82, 2.24) is 20.4 Å². The molecule has 0 bridgehead atoms. The van der Waals surface area contributed by atoms with Gasteiger partial charge in [-0.25, -0.2) is 9.98 Å². The maximum absolute atomic E-state index is 9.45. The monoisotopic (exact) mass is 440 g/mol. The number of nitrogens with two attached hydrogens (primary N) is 2. The van der Waals surface area contributed by atoms with E-state index in [-0.39, 0.29) is 11.5 Å². The normalized spacial score (nSPS) is 10.9. The van der Waals surface area contributed by atoms with E-state index in [0.29, 0.717) is 31.7 Å². The molecule has 0 amide bonds. The summed E-state index contributed by atoms with van der Waals surface area (Å²) in [5.41, 5.74) is 12.1. The molecule has 152 valence electrons. The van der Waals surface area contributed by atoms with Crippen LogP contribution in [-0.2, 0) is 0 Å². The van der Waals surface area contributed by atoms with E-state index in [1.54, 1.807) is 36.4 Å². The molecule has 12 heteroatoms. The molecular formula is C18H16N8O2S2. The van der Waals surface area contributed by atoms with Crippen molar-refractivity contribution in [2.45, 2.75) is 0 Å². The Hall–Kier alpha value is -3.90. The van der Waals surface area contributed by atoms with Crippen molar-refractivity contribution >= 4 is 55.6 Å². The number of aromatic hydroxyl groups is 2. The molecule has 0 saturated heterocycles. The van der Waals surface area contributed by atoms with Crippen LogP contribution in [0.1, 0.15) is 11.1 Å². The molecule has 0 fully saturated rings. The van der Waals surface area contributed by atoms with Gasteiger partial charge in [-0.1, -0.05) is 46.9 Å². The minimum absolute atomic E-state index is 0.179. The van der Waals surface area contributed by atoms with Crippen LogP contribution in [0.15, 0.2) is 58.5 Å². The Labute approximate surface area is 178 Å². The minimum Gasteiger partial charge on any atom is -0.507 e. The van der Waals surface area contributed by atoms with Gasteiger partial charge in [-0.2, -0.15) is 0 Å². The number of phenols is 2. The van der Waals surface area contributed by atoms with Gasteiger partial charge < -0.3 is 21.7 Å². The lowest BCUT2D eigenvalue weighted by atomic mass is 10.2. The van der Waals surface area contributed by atoms with Crippen LogP contribution in [0.4, 0.5) is 20.5 Å². The van der Waals surface area contributed by atoms with E-state index in [1.807, 2.05) is 12.1 Å². The van der Waals surface area contributed by atoms with Gasteiger partial charge in [0.2, 0.25) is 20.5 Å². The fraction of sp³-hybridized carbons (Fsp3) is 0. The lowest BCUT2D eigenvalue weighted by Crippen LogP contribution is -1.80. The zero-order chi connectivity index (χ0) is 21.3. The number of hydrogen-bond acceptors (Lipinski definition) is 12. The van der Waals surface area contributed by atoms with Gasteiger partial charge in [-0.05, 0) is 24.3 Å². The van der Waals surface area contributed by atoms with E-state index in [9.17, 15) is 10.2 Å². The van der Waals surface area contributed by atoms with Crippen LogP contribution in [0.5, 0.6) is 11.5 Å². The zero-order valence-electron chi connectivity index (χ0n) is 15.3. The van der Waals surface area contributed by atoms with Crippen molar-refractivity contribution in [3.05, 3.63) is 59.7 Å². The molecule has 2 heterocycles. The Morgan fingerprint density at radius 1 is 0.667 bits per heavy atom. The van der Waals surface area contributed by atoms with Crippen molar-refractivity contribution in [3.8, 4) is 11.5 Å². The van der Waals surface area contributed by atoms with Gasteiger partial charge in [-0.3, -0.25) is 0 Å². The molecule has 4 aromatic rings. The maximum Gasteiger partial charge on any atom is 0.233 e. The third kappa shape index (κ3) is 6.05. The number of aliphatic imine (C=N–C) groups is 2. The molecule has 0 aliphatic rings. The third-order valence-electron chi connectivity index (χ3n) is 3.36. The summed E-state index contributed by atoms with van der Waals surface area (Å²) in [4.78, 5) is 8.08. The standard InChI is InChI=1S/2C9H8N4OS/c2*10-8-12-13-9(15-8)11-5-6-3-1-2-4-7(6)14/h2*1-5,14H,(H2,10,12)/b2*11-5+. The summed E-state index contributed by atoms with van der Waals surface area (Å²) < 4.78 is 0. The second-order valence-corrected chi connectivity index (χ2v) is 7.45. The molecule has 0 spiro atoms. The number of hydrogen-bond donors (Lipinski definition) is 4. The first-order valence-corrected chi connectivity index (χ1v) is 9.96. The van der Waals surface area contributed by atoms with Gasteiger partial charge in [0, 0.05) is 23.6 Å². The van der Waals surface area contributed by atoms with E-state index in [0.717, 1.165) is 0 Å². The van der Waals surface area contributed by atoms with E-state index < -0.39 is 0 Å². The number of phenolic OH excluding ortho intramolecular Hbond substituents is 2. The molecule has 2 aromatic carbocycles. The van der Waals surface area contributed by atoms with Gasteiger partial charge in [0.05, 0.1) is 0 Å². The summed E-state index contributed by atoms with van der Waals surface area (Å²) in [6, 6.07) is 13.8. The van der Waals surface area contributed by atoms with Crippen LogP contribution in [0, 0.1) is 0 Å². The molecule has 0 unspecified atom stereocenters. The second-order valence-electron chi connectivity index (χ2n) is 5.48. The summed E-state index contributed by atoms with van der Waals surface area (Å²) in [5.74, 6) is 0.359. The van der Waals surface area contributed by atoms with Gasteiger partial charge in [-0.15, -0.1) is 20.4 Å². The van der Waals surface area contributed by atoms with Gasteiger partial charge >= 0.3 is 0 Å². The number of benzene rings is 2. The molecular weight excluding hydrogens is 424 g/mol. The van der Waals surface area contributed by atoms with Crippen LogP contribution < -0.4 is 11.5 Å². The summed E-state index contributed by atoms with van der Waals surface area (Å²) in [5, 5.41) is 35.3. The Morgan fingerprint density at radius 2 is 1.07 bits per heavy atom. The Bertz CT molecular complexity index is 1080. The van der Waals surface area contributed by atoms with Crippen molar-refractivity contribution in [2.75, 3.05) is 11.5 Å². The first-order valence-electron chi connectivity index (χ1n) is 8.33. The predicted octanol–water partition coefficient (Wildman–Crippen LogP) is 3.15. The number of anilines is 2. The first kappa shape index (κ1) is 20.8. The van der Waals surface area contributed by atoms with Crippen LogP contribution in [0.25, 0.3) is 0 Å². The first-order chi connectivity index (χ1) is 14.5. The quantitative estimate of drug-likeness (QED) is 0.351. The summed E-state index contributed by atoms with van der Waals surface area (Å²) in [6.45, 7) is 0. The molecule has 30 heavy (non-hydrogen) atoms. The van der Waals surface area contributed by atoms with Crippen LogP contribution in [0.2, 0.25) is 0 Å². The van der Waals surface area contributed by atoms with Crippen LogP contribution in [-0.4, -0.2) is 43.0 Å². The molecule has 0 radical (unpaired) electrons. The fourth-order valence-electron chi connectivity index (χ4n) is 2.00. The Kier molecular flexibility index (Phi) is 6.97. The lowest BCUT2D eigenvalue weighted by Gasteiger charge is -1.94. The number of para-hydroxylation sites is 2. The Morgan fingerprint density at radius 3 is 1.40 bits per heavy atom. The molecule has 0 saturated carbocycles. The SMILES string of the molecule is Nc1nnc(/N=C/c2ccccc2O)s1.Nc1nnc(/N=C/c2ccccc2O)s1. The summed E-state index contributed by atoms with van der Waals surface area (Å²) >= 11 is 2.38. The maximum atomic E-state index is 9.45. The minimum atomic E-state index is 0.179. The zero-order valence-corrected chi connectivity index (χ0v) is 17.0. The number of nitrogen functional groups attached to an aromatic ring is 2. The van der Waals surface area contributed by atoms with E-state index >= 15 is 0 Å². The summed E-state index contributed by atoms with van der Waals surface area (Å²) in [7, 11) is 0. The number of aromatic nitrogens is 4. The topological polar surface area (TPSA) is 169 Å². The Balaban J connectivity index is 0.000000171. The molecule has 0 aliphatic carbocycles. The lowest BCUT2D eigenvalue weighted by molar-refractivity contribution is 0.474. The van der Waals surface area contributed by atoms with E-state index in [1.165, 1.54) is 35.1 Å². The molecule has 4 rings (SSSR count). The molecule has 6 N–H and O–H groups in total. The average Bonchev–Trinajstić information content (AvgIpc) is 3.35. The highest BCUT2D eigenvalue weighted by Crippen LogP contribution is 2.22. The second kappa shape index (κ2) is 10.0. The van der Waals surface area contributed by atoms with Crippen molar-refractivity contribution in [3.63, 3.8) is 0 Å². The molecule has 0 aliphatic heterocycles.